The van der Waals surface area contributed by atoms with E-state index < -0.39 is 5.41 Å². The van der Waals surface area contributed by atoms with Crippen LogP contribution in [0, 0.1) is 22.6 Å². The predicted octanol–water partition coefficient (Wildman–Crippen LogP) is 2.65. The first kappa shape index (κ1) is 17.8. The molecule has 2 saturated heterocycles. The van der Waals surface area contributed by atoms with Crippen molar-refractivity contribution in [2.75, 3.05) is 26.3 Å². The van der Waals surface area contributed by atoms with Gasteiger partial charge in [0.05, 0.1) is 18.8 Å². The molecule has 25 heavy (non-hydrogen) atoms. The number of hydrogen-bond donors (Lipinski definition) is 0. The fourth-order valence-corrected chi connectivity index (χ4v) is 3.48. The summed E-state index contributed by atoms with van der Waals surface area (Å²) in [4.78, 5) is 14.7. The molecule has 2 aliphatic rings. The Balaban J connectivity index is 1.60. The molecule has 134 valence electrons. The van der Waals surface area contributed by atoms with Crippen molar-refractivity contribution >= 4 is 5.91 Å². The number of carbonyl (C=O) groups is 1. The number of likely N-dealkylation sites (tertiary alicyclic amines) is 1. The fraction of sp³-hybridized carbons (Fsp3) is 0.579. The molecule has 2 heterocycles. The number of nitrogens with zero attached hydrogens (tertiary/aromatic N) is 2. The summed E-state index contributed by atoms with van der Waals surface area (Å²) >= 11 is 0. The third-order valence-electron chi connectivity index (χ3n) is 5.07. The highest BCUT2D eigenvalue weighted by Crippen LogP contribution is 2.33. The van der Waals surface area contributed by atoms with Gasteiger partial charge in [-0.15, -0.1) is 0 Å². The molecule has 2 fully saturated rings. The average molecular weight is 346 g/mol. The van der Waals surface area contributed by atoms with Gasteiger partial charge in [0.1, 0.15) is 11.2 Å². The van der Waals surface area contributed by atoms with E-state index in [1.165, 1.54) is 6.07 Å². The number of benzene rings is 1. The number of ether oxygens (including phenoxy) is 2. The van der Waals surface area contributed by atoms with Gasteiger partial charge < -0.3 is 14.4 Å². The molecular weight excluding hydrogens is 323 g/mol. The Morgan fingerprint density at radius 3 is 2.88 bits per heavy atom. The Hall–Kier alpha value is -1.97. The number of hydrogen-bond acceptors (Lipinski definition) is 4. The van der Waals surface area contributed by atoms with Crippen LogP contribution in [0.1, 0.15) is 31.2 Å². The van der Waals surface area contributed by atoms with E-state index in [1.54, 1.807) is 23.1 Å². The summed E-state index contributed by atoms with van der Waals surface area (Å²) in [5.41, 5.74) is -0.449. The third-order valence-corrected chi connectivity index (χ3v) is 5.07. The molecule has 5 nitrogen and oxygen atoms in total. The van der Waals surface area contributed by atoms with Crippen molar-refractivity contribution in [1.82, 2.24) is 4.90 Å². The highest BCUT2D eigenvalue weighted by Gasteiger charge is 2.44. The molecule has 3 rings (SSSR count). The number of halogens is 1. The molecule has 1 aromatic rings. The van der Waals surface area contributed by atoms with E-state index in [4.69, 9.17) is 9.47 Å². The smallest absolute Gasteiger partial charge is 0.243 e. The number of carbonyl (C=O) groups excluding carboxylic acids is 1. The van der Waals surface area contributed by atoms with E-state index in [2.05, 4.69) is 6.07 Å². The number of nitriles is 1. The lowest BCUT2D eigenvalue weighted by Crippen LogP contribution is -2.51. The van der Waals surface area contributed by atoms with Crippen LogP contribution in [-0.4, -0.2) is 43.2 Å². The van der Waals surface area contributed by atoms with Gasteiger partial charge >= 0.3 is 0 Å². The molecule has 0 bridgehead atoms. The molecule has 0 unspecified atom stereocenters. The van der Waals surface area contributed by atoms with E-state index in [1.807, 2.05) is 0 Å². The standard InChI is InChI=1S/C19H23FN2O3/c20-17-6-2-1-4-15(17)13-25-16-5-3-9-22(12-16)18(23)19(14-21)7-10-24-11-8-19/h1-2,4,6,16H,3,5,7-13H2/t16-/m0/s1. The summed E-state index contributed by atoms with van der Waals surface area (Å²) in [5.74, 6) is -0.394. The van der Waals surface area contributed by atoms with Crippen molar-refractivity contribution in [2.24, 2.45) is 5.41 Å². The van der Waals surface area contributed by atoms with Gasteiger partial charge in [-0.3, -0.25) is 4.79 Å². The van der Waals surface area contributed by atoms with Gasteiger partial charge in [0.25, 0.3) is 0 Å². The Bertz CT molecular complexity index is 652. The highest BCUT2D eigenvalue weighted by atomic mass is 19.1. The average Bonchev–Trinajstić information content (AvgIpc) is 2.67. The Labute approximate surface area is 147 Å². The number of rotatable bonds is 4. The molecule has 6 heteroatoms. The zero-order valence-electron chi connectivity index (χ0n) is 14.2. The van der Waals surface area contributed by atoms with Crippen LogP contribution in [0.5, 0.6) is 0 Å². The van der Waals surface area contributed by atoms with Crippen LogP contribution in [-0.2, 0) is 20.9 Å². The second-order valence-corrected chi connectivity index (χ2v) is 6.72. The van der Waals surface area contributed by atoms with Crippen molar-refractivity contribution in [3.63, 3.8) is 0 Å². The monoisotopic (exact) mass is 346 g/mol. The molecule has 2 aliphatic heterocycles. The first-order valence-corrected chi connectivity index (χ1v) is 8.78. The van der Waals surface area contributed by atoms with Crippen molar-refractivity contribution < 1.29 is 18.7 Å². The first-order valence-electron chi connectivity index (χ1n) is 8.78. The van der Waals surface area contributed by atoms with Gasteiger partial charge in [0.15, 0.2) is 0 Å². The van der Waals surface area contributed by atoms with Crippen LogP contribution in [0.2, 0.25) is 0 Å². The minimum absolute atomic E-state index is 0.113. The summed E-state index contributed by atoms with van der Waals surface area (Å²) in [7, 11) is 0. The van der Waals surface area contributed by atoms with Gasteiger partial charge in [-0.2, -0.15) is 5.26 Å². The lowest BCUT2D eigenvalue weighted by atomic mass is 9.80. The minimum atomic E-state index is -0.967. The van der Waals surface area contributed by atoms with Gasteiger partial charge in [-0.05, 0) is 31.7 Å². The first-order chi connectivity index (χ1) is 12.1. The molecule has 1 atom stereocenters. The summed E-state index contributed by atoms with van der Waals surface area (Å²) < 4.78 is 24.8. The third kappa shape index (κ3) is 4.00. The summed E-state index contributed by atoms with van der Waals surface area (Å²) in [6.45, 7) is 2.18. The van der Waals surface area contributed by atoms with Crippen LogP contribution < -0.4 is 0 Å². The van der Waals surface area contributed by atoms with Crippen molar-refractivity contribution in [3.8, 4) is 6.07 Å². The van der Waals surface area contributed by atoms with Crippen molar-refractivity contribution in [1.29, 1.82) is 5.26 Å². The Kier molecular flexibility index (Phi) is 5.67. The second kappa shape index (κ2) is 7.94. The Morgan fingerprint density at radius 1 is 1.40 bits per heavy atom. The van der Waals surface area contributed by atoms with E-state index in [9.17, 15) is 14.4 Å². The predicted molar refractivity (Wildman–Crippen MR) is 88.9 cm³/mol. The van der Waals surface area contributed by atoms with Crippen LogP contribution in [0.4, 0.5) is 4.39 Å². The van der Waals surface area contributed by atoms with Gasteiger partial charge in [-0.25, -0.2) is 4.39 Å². The molecule has 0 aromatic heterocycles. The topological polar surface area (TPSA) is 62.6 Å². The van der Waals surface area contributed by atoms with Gasteiger partial charge in [0.2, 0.25) is 5.91 Å². The largest absolute Gasteiger partial charge is 0.381 e. The van der Waals surface area contributed by atoms with Crippen LogP contribution in [0.3, 0.4) is 0 Å². The summed E-state index contributed by atoms with van der Waals surface area (Å²) in [6, 6.07) is 8.78. The quantitative estimate of drug-likeness (QED) is 0.841. The SMILES string of the molecule is N#CC1(C(=O)N2CCC[C@H](OCc3ccccc3F)C2)CCOCC1. The zero-order valence-corrected chi connectivity index (χ0v) is 14.2. The summed E-state index contributed by atoms with van der Waals surface area (Å²) in [5, 5.41) is 9.57. The summed E-state index contributed by atoms with van der Waals surface area (Å²) in [6.07, 6.45) is 2.42. The molecule has 0 radical (unpaired) electrons. The van der Waals surface area contributed by atoms with Gasteiger partial charge in [-0.1, -0.05) is 18.2 Å². The normalized spacial score (nSPS) is 23.0. The zero-order chi connectivity index (χ0) is 17.7. The van der Waals surface area contributed by atoms with Crippen LogP contribution >= 0.6 is 0 Å². The highest BCUT2D eigenvalue weighted by molar-refractivity contribution is 5.85. The van der Waals surface area contributed by atoms with E-state index in [-0.39, 0.29) is 24.4 Å². The van der Waals surface area contributed by atoms with Crippen molar-refractivity contribution in [3.05, 3.63) is 35.6 Å². The lowest BCUT2D eigenvalue weighted by molar-refractivity contribution is -0.147. The molecule has 0 saturated carbocycles. The van der Waals surface area contributed by atoms with E-state index >= 15 is 0 Å². The lowest BCUT2D eigenvalue weighted by Gasteiger charge is -2.38. The van der Waals surface area contributed by atoms with Crippen molar-refractivity contribution in [2.45, 2.75) is 38.4 Å². The fourth-order valence-electron chi connectivity index (χ4n) is 3.48. The second-order valence-electron chi connectivity index (χ2n) is 6.72. The molecule has 0 N–H and O–H groups in total. The molecule has 0 aliphatic carbocycles. The van der Waals surface area contributed by atoms with E-state index in [0.29, 0.717) is 44.7 Å². The van der Waals surface area contributed by atoms with E-state index in [0.717, 1.165) is 12.8 Å². The molecule has 1 amide bonds. The minimum Gasteiger partial charge on any atom is -0.381 e. The number of piperidine rings is 1. The molecule has 0 spiro atoms. The Morgan fingerprint density at radius 2 is 2.16 bits per heavy atom. The number of amides is 1. The molecule has 1 aromatic carbocycles. The maximum atomic E-state index is 13.7. The molecular formula is C19H23FN2O3. The van der Waals surface area contributed by atoms with Gasteiger partial charge in [0, 0.05) is 31.9 Å². The van der Waals surface area contributed by atoms with Crippen LogP contribution in [0.15, 0.2) is 24.3 Å². The maximum absolute atomic E-state index is 13.7. The van der Waals surface area contributed by atoms with Crippen LogP contribution in [0.25, 0.3) is 0 Å². The maximum Gasteiger partial charge on any atom is 0.243 e.